The van der Waals surface area contributed by atoms with Crippen molar-refractivity contribution in [1.29, 1.82) is 0 Å². The van der Waals surface area contributed by atoms with Crippen LogP contribution in [0.1, 0.15) is 25.0 Å². The Hall–Kier alpha value is -2.74. The van der Waals surface area contributed by atoms with E-state index in [4.69, 9.17) is 9.47 Å². The van der Waals surface area contributed by atoms with Gasteiger partial charge in [-0.1, -0.05) is 63.4 Å². The van der Waals surface area contributed by atoms with Crippen molar-refractivity contribution in [3.8, 4) is 11.5 Å². The van der Waals surface area contributed by atoms with Crippen molar-refractivity contribution >= 4 is 21.5 Å². The van der Waals surface area contributed by atoms with Gasteiger partial charge in [0, 0.05) is 21.5 Å². The zero-order valence-corrected chi connectivity index (χ0v) is 15.7. The maximum Gasteiger partial charge on any atom is 0.135 e. The molecule has 134 valence electrons. The highest BCUT2D eigenvalue weighted by Crippen LogP contribution is 2.43. The first-order valence-corrected chi connectivity index (χ1v) is 9.22. The van der Waals surface area contributed by atoms with Crippen molar-refractivity contribution in [2.75, 3.05) is 13.2 Å². The first-order valence-electron chi connectivity index (χ1n) is 9.22. The molecule has 26 heavy (non-hydrogen) atoms. The molecule has 0 aliphatic heterocycles. The van der Waals surface area contributed by atoms with Crippen LogP contribution in [0.4, 0.5) is 0 Å². The molecule has 0 unspecified atom stereocenters. The molecular formula is C24H26O2. The van der Waals surface area contributed by atoms with E-state index in [-0.39, 0.29) is 0 Å². The molecule has 3 aromatic rings. The molecule has 0 saturated heterocycles. The summed E-state index contributed by atoms with van der Waals surface area (Å²) in [4.78, 5) is 0. The Morgan fingerprint density at radius 3 is 1.50 bits per heavy atom. The van der Waals surface area contributed by atoms with Gasteiger partial charge < -0.3 is 9.47 Å². The standard InChI is InChI=1S/C24H26O2/c1-5-13-25-23-19-11-9-17(7-3)15-21(19)24(26-14-6-2)22-16-18(8-4)10-12-20(22)23/h5-6,9-12,15-16H,1-2,7-8,13-14H2,3-4H3. The third-order valence-electron chi connectivity index (χ3n) is 4.65. The minimum atomic E-state index is 0.474. The van der Waals surface area contributed by atoms with Gasteiger partial charge in [0.1, 0.15) is 24.7 Å². The van der Waals surface area contributed by atoms with Crippen LogP contribution < -0.4 is 9.47 Å². The number of benzene rings is 3. The van der Waals surface area contributed by atoms with Crippen molar-refractivity contribution in [2.24, 2.45) is 0 Å². The maximum absolute atomic E-state index is 6.15. The Balaban J connectivity index is 2.41. The molecule has 0 aromatic heterocycles. The van der Waals surface area contributed by atoms with Gasteiger partial charge in [-0.2, -0.15) is 0 Å². The minimum absolute atomic E-state index is 0.474. The molecule has 0 bridgehead atoms. The summed E-state index contributed by atoms with van der Waals surface area (Å²) in [5.74, 6) is 1.80. The van der Waals surface area contributed by atoms with E-state index in [1.807, 2.05) is 0 Å². The van der Waals surface area contributed by atoms with Crippen molar-refractivity contribution in [3.63, 3.8) is 0 Å². The van der Waals surface area contributed by atoms with Gasteiger partial charge in [-0.05, 0) is 36.1 Å². The van der Waals surface area contributed by atoms with Crippen LogP contribution in [-0.2, 0) is 12.8 Å². The van der Waals surface area contributed by atoms with E-state index in [0.29, 0.717) is 13.2 Å². The molecule has 0 saturated carbocycles. The number of fused-ring (bicyclic) bond motifs is 2. The average molecular weight is 346 g/mol. The molecule has 2 nitrogen and oxygen atoms in total. The molecule has 0 aliphatic carbocycles. The van der Waals surface area contributed by atoms with E-state index in [9.17, 15) is 0 Å². The summed E-state index contributed by atoms with van der Waals surface area (Å²) in [5, 5.41) is 4.32. The van der Waals surface area contributed by atoms with Crippen LogP contribution in [0, 0.1) is 0 Å². The molecule has 0 spiro atoms. The predicted octanol–water partition coefficient (Wildman–Crippen LogP) is 6.25. The van der Waals surface area contributed by atoms with Gasteiger partial charge in [0.2, 0.25) is 0 Å². The number of aryl methyl sites for hydroxylation is 2. The Bertz CT molecular complexity index is 888. The molecule has 3 aromatic carbocycles. The lowest BCUT2D eigenvalue weighted by Gasteiger charge is -2.18. The molecular weight excluding hydrogens is 320 g/mol. The fourth-order valence-electron chi connectivity index (χ4n) is 3.28. The second-order valence-electron chi connectivity index (χ2n) is 6.32. The van der Waals surface area contributed by atoms with Gasteiger partial charge in [-0.3, -0.25) is 0 Å². The SMILES string of the molecule is C=CCOc1c2ccc(CC)cc2c(OCC=C)c2cc(CC)ccc12. The molecule has 0 atom stereocenters. The number of hydrogen-bond donors (Lipinski definition) is 0. The van der Waals surface area contributed by atoms with E-state index in [1.54, 1.807) is 12.2 Å². The van der Waals surface area contributed by atoms with Crippen LogP contribution in [-0.4, -0.2) is 13.2 Å². The lowest BCUT2D eigenvalue weighted by Crippen LogP contribution is -2.00. The van der Waals surface area contributed by atoms with Gasteiger partial charge >= 0.3 is 0 Å². The van der Waals surface area contributed by atoms with Crippen LogP contribution in [0.3, 0.4) is 0 Å². The Kier molecular flexibility index (Phi) is 5.62. The average Bonchev–Trinajstić information content (AvgIpc) is 2.69. The summed E-state index contributed by atoms with van der Waals surface area (Å²) >= 11 is 0. The highest BCUT2D eigenvalue weighted by molar-refractivity contribution is 6.11. The van der Waals surface area contributed by atoms with E-state index < -0.39 is 0 Å². The normalized spacial score (nSPS) is 10.8. The summed E-state index contributed by atoms with van der Waals surface area (Å²) in [5.41, 5.74) is 2.56. The predicted molar refractivity (Wildman–Crippen MR) is 112 cm³/mol. The van der Waals surface area contributed by atoms with Crippen LogP contribution >= 0.6 is 0 Å². The van der Waals surface area contributed by atoms with Crippen molar-refractivity contribution in [3.05, 3.63) is 72.8 Å². The van der Waals surface area contributed by atoms with E-state index in [2.05, 4.69) is 63.4 Å². The summed E-state index contributed by atoms with van der Waals surface area (Å²) in [6, 6.07) is 13.0. The summed E-state index contributed by atoms with van der Waals surface area (Å²) in [6.45, 7) is 12.9. The molecule has 0 radical (unpaired) electrons. The Labute approximate surface area is 155 Å². The maximum atomic E-state index is 6.15. The third-order valence-corrected chi connectivity index (χ3v) is 4.65. The topological polar surface area (TPSA) is 18.5 Å². The number of rotatable bonds is 8. The third kappa shape index (κ3) is 3.32. The minimum Gasteiger partial charge on any atom is -0.488 e. The zero-order valence-electron chi connectivity index (χ0n) is 15.7. The van der Waals surface area contributed by atoms with E-state index in [1.165, 1.54) is 11.1 Å². The van der Waals surface area contributed by atoms with Crippen LogP contribution in [0.2, 0.25) is 0 Å². The fraction of sp³-hybridized carbons (Fsp3) is 0.250. The van der Waals surface area contributed by atoms with Crippen molar-refractivity contribution in [1.82, 2.24) is 0 Å². The molecule has 0 aliphatic rings. The van der Waals surface area contributed by atoms with Gasteiger partial charge in [-0.15, -0.1) is 0 Å². The quantitative estimate of drug-likeness (QED) is 0.355. The second kappa shape index (κ2) is 8.09. The fourth-order valence-corrected chi connectivity index (χ4v) is 3.28. The second-order valence-corrected chi connectivity index (χ2v) is 6.32. The van der Waals surface area contributed by atoms with E-state index in [0.717, 1.165) is 45.9 Å². The highest BCUT2D eigenvalue weighted by atomic mass is 16.5. The Morgan fingerprint density at radius 2 is 1.12 bits per heavy atom. The first-order chi connectivity index (χ1) is 12.7. The lowest BCUT2D eigenvalue weighted by molar-refractivity contribution is 0.365. The smallest absolute Gasteiger partial charge is 0.135 e. The van der Waals surface area contributed by atoms with Gasteiger partial charge in [0.15, 0.2) is 0 Å². The molecule has 3 rings (SSSR count). The van der Waals surface area contributed by atoms with Crippen molar-refractivity contribution in [2.45, 2.75) is 26.7 Å². The van der Waals surface area contributed by atoms with Crippen LogP contribution in [0.5, 0.6) is 11.5 Å². The monoisotopic (exact) mass is 346 g/mol. The summed E-state index contributed by atoms with van der Waals surface area (Å²) < 4.78 is 12.2. The largest absolute Gasteiger partial charge is 0.488 e. The van der Waals surface area contributed by atoms with Gasteiger partial charge in [-0.25, -0.2) is 0 Å². The van der Waals surface area contributed by atoms with Gasteiger partial charge in [0.05, 0.1) is 0 Å². The molecule has 0 N–H and O–H groups in total. The summed E-state index contributed by atoms with van der Waals surface area (Å²) in [6.07, 6.45) is 5.52. The van der Waals surface area contributed by atoms with E-state index >= 15 is 0 Å². The molecule has 0 fully saturated rings. The molecule has 0 amide bonds. The Morgan fingerprint density at radius 1 is 0.692 bits per heavy atom. The molecule has 2 heteroatoms. The van der Waals surface area contributed by atoms with Gasteiger partial charge in [0.25, 0.3) is 0 Å². The summed E-state index contributed by atoms with van der Waals surface area (Å²) in [7, 11) is 0. The zero-order chi connectivity index (χ0) is 18.5. The first kappa shape index (κ1) is 18.1. The highest BCUT2D eigenvalue weighted by Gasteiger charge is 2.17. The van der Waals surface area contributed by atoms with Crippen LogP contribution in [0.15, 0.2) is 61.7 Å². The number of hydrogen-bond acceptors (Lipinski definition) is 2. The molecule has 0 heterocycles. The lowest BCUT2D eigenvalue weighted by atomic mass is 9.96. The number of ether oxygens (including phenoxy) is 2. The van der Waals surface area contributed by atoms with Crippen molar-refractivity contribution < 1.29 is 9.47 Å². The van der Waals surface area contributed by atoms with Crippen LogP contribution in [0.25, 0.3) is 21.5 Å².